The van der Waals surface area contributed by atoms with Crippen LogP contribution in [0.25, 0.3) is 0 Å². The lowest BCUT2D eigenvalue weighted by atomic mass is 10.0. The molecule has 29 heavy (non-hydrogen) atoms. The fourth-order valence-corrected chi connectivity index (χ4v) is 3.01. The highest BCUT2D eigenvalue weighted by Crippen LogP contribution is 2.23. The van der Waals surface area contributed by atoms with Crippen LogP contribution in [-0.2, 0) is 22.4 Å². The minimum absolute atomic E-state index is 0.137. The fraction of sp³-hybridized carbons (Fsp3) is 0.417. The third-order valence-electron chi connectivity index (χ3n) is 4.72. The normalized spacial score (nSPS) is 10.4. The molecule has 0 spiro atoms. The van der Waals surface area contributed by atoms with Gasteiger partial charge in [0.15, 0.2) is 6.61 Å². The number of hydrogen-bond donors (Lipinski definition) is 1. The predicted octanol–water partition coefficient (Wildman–Crippen LogP) is 5.18. The maximum atomic E-state index is 12.7. The van der Waals surface area contributed by atoms with Crippen LogP contribution in [0.5, 0.6) is 5.75 Å². The van der Waals surface area contributed by atoms with E-state index >= 15 is 0 Å². The number of para-hydroxylation sites is 1. The van der Waals surface area contributed by atoms with Gasteiger partial charge in [0, 0.05) is 11.3 Å². The largest absolute Gasteiger partial charge is 0.482 e. The van der Waals surface area contributed by atoms with Gasteiger partial charge in [-0.2, -0.15) is 0 Å². The Kier molecular flexibility index (Phi) is 9.22. The van der Waals surface area contributed by atoms with Crippen molar-refractivity contribution in [3.8, 4) is 5.75 Å². The molecule has 156 valence electrons. The van der Waals surface area contributed by atoms with Crippen LogP contribution in [0.3, 0.4) is 0 Å². The molecule has 2 rings (SSSR count). The Labute approximate surface area is 173 Å². The van der Waals surface area contributed by atoms with E-state index in [0.717, 1.165) is 48.9 Å². The van der Waals surface area contributed by atoms with Crippen molar-refractivity contribution in [2.45, 2.75) is 52.9 Å². The van der Waals surface area contributed by atoms with Gasteiger partial charge in [-0.1, -0.05) is 51.8 Å². The van der Waals surface area contributed by atoms with Crippen molar-refractivity contribution in [3.05, 3.63) is 59.2 Å². The highest BCUT2D eigenvalue weighted by molar-refractivity contribution is 6.05. The standard InChI is InChI=1S/C24H31NO4/c1-4-7-8-16-28-22(26)17-29-21-14-12-20(13-15-21)24(27)25-23-18(5-2)10-9-11-19(23)6-3/h9-15H,4-8,16-17H2,1-3H3,(H,25,27). The number of amides is 1. The average molecular weight is 398 g/mol. The van der Waals surface area contributed by atoms with E-state index in [2.05, 4.69) is 26.1 Å². The van der Waals surface area contributed by atoms with Gasteiger partial charge in [-0.15, -0.1) is 0 Å². The fourth-order valence-electron chi connectivity index (χ4n) is 3.01. The molecular weight excluding hydrogens is 366 g/mol. The molecule has 0 heterocycles. The Balaban J connectivity index is 1.92. The second kappa shape index (κ2) is 11.9. The highest BCUT2D eigenvalue weighted by atomic mass is 16.6. The molecule has 0 saturated heterocycles. The first-order valence-corrected chi connectivity index (χ1v) is 10.4. The first-order valence-electron chi connectivity index (χ1n) is 10.4. The zero-order valence-corrected chi connectivity index (χ0v) is 17.6. The molecule has 0 aromatic heterocycles. The number of hydrogen-bond acceptors (Lipinski definition) is 4. The van der Waals surface area contributed by atoms with Crippen LogP contribution in [0.4, 0.5) is 5.69 Å². The Morgan fingerprint density at radius 1 is 0.897 bits per heavy atom. The van der Waals surface area contributed by atoms with E-state index in [1.54, 1.807) is 24.3 Å². The van der Waals surface area contributed by atoms with Crippen LogP contribution < -0.4 is 10.1 Å². The van der Waals surface area contributed by atoms with Crippen molar-refractivity contribution in [2.75, 3.05) is 18.5 Å². The first kappa shape index (κ1) is 22.5. The maximum Gasteiger partial charge on any atom is 0.344 e. The number of nitrogens with one attached hydrogen (secondary N) is 1. The Morgan fingerprint density at radius 2 is 1.55 bits per heavy atom. The summed E-state index contributed by atoms with van der Waals surface area (Å²) in [5.41, 5.74) is 3.67. The van der Waals surface area contributed by atoms with Crippen LogP contribution in [0.2, 0.25) is 0 Å². The Hall–Kier alpha value is -2.82. The summed E-state index contributed by atoms with van der Waals surface area (Å²) >= 11 is 0. The van der Waals surface area contributed by atoms with Gasteiger partial charge >= 0.3 is 5.97 Å². The van der Waals surface area contributed by atoms with Gasteiger partial charge < -0.3 is 14.8 Å². The third-order valence-corrected chi connectivity index (χ3v) is 4.72. The summed E-state index contributed by atoms with van der Waals surface area (Å²) in [4.78, 5) is 24.3. The van der Waals surface area contributed by atoms with Gasteiger partial charge in [0.05, 0.1) is 6.61 Å². The first-order chi connectivity index (χ1) is 14.1. The van der Waals surface area contributed by atoms with Gasteiger partial charge in [0.2, 0.25) is 0 Å². The maximum absolute atomic E-state index is 12.7. The second-order valence-corrected chi connectivity index (χ2v) is 6.85. The summed E-state index contributed by atoms with van der Waals surface area (Å²) in [7, 11) is 0. The average Bonchev–Trinajstić information content (AvgIpc) is 2.75. The summed E-state index contributed by atoms with van der Waals surface area (Å²) < 4.78 is 10.6. The molecule has 0 unspecified atom stereocenters. The van der Waals surface area contributed by atoms with Crippen LogP contribution in [0.15, 0.2) is 42.5 Å². The summed E-state index contributed by atoms with van der Waals surface area (Å²) in [5.74, 6) is -0.0241. The molecule has 0 atom stereocenters. The lowest BCUT2D eigenvalue weighted by molar-refractivity contribution is -0.146. The van der Waals surface area contributed by atoms with Gasteiger partial charge in [0.1, 0.15) is 5.75 Å². The smallest absolute Gasteiger partial charge is 0.344 e. The summed E-state index contributed by atoms with van der Waals surface area (Å²) in [5, 5.41) is 3.05. The number of carbonyl (C=O) groups is 2. The number of benzene rings is 2. The van der Waals surface area contributed by atoms with Crippen molar-refractivity contribution in [2.24, 2.45) is 0 Å². The zero-order valence-electron chi connectivity index (χ0n) is 17.6. The Morgan fingerprint density at radius 3 is 2.14 bits per heavy atom. The van der Waals surface area contributed by atoms with E-state index < -0.39 is 0 Å². The molecule has 0 aliphatic heterocycles. The van der Waals surface area contributed by atoms with E-state index in [9.17, 15) is 9.59 Å². The molecule has 0 aliphatic carbocycles. The van der Waals surface area contributed by atoms with E-state index in [-0.39, 0.29) is 18.5 Å². The molecule has 5 heteroatoms. The molecule has 2 aromatic carbocycles. The number of anilines is 1. The number of ether oxygens (including phenoxy) is 2. The molecule has 0 bridgehead atoms. The number of rotatable bonds is 11. The summed E-state index contributed by atoms with van der Waals surface area (Å²) in [6.45, 7) is 6.53. The minimum Gasteiger partial charge on any atom is -0.482 e. The van der Waals surface area contributed by atoms with Crippen LogP contribution in [-0.4, -0.2) is 25.1 Å². The SMILES string of the molecule is CCCCCOC(=O)COc1ccc(C(=O)Nc2c(CC)cccc2CC)cc1. The Bertz CT molecular complexity index is 777. The van der Waals surface area contributed by atoms with Gasteiger partial charge in [-0.05, 0) is 54.7 Å². The van der Waals surface area contributed by atoms with Gasteiger partial charge in [0.25, 0.3) is 5.91 Å². The monoisotopic (exact) mass is 397 g/mol. The van der Waals surface area contributed by atoms with E-state index in [4.69, 9.17) is 9.47 Å². The highest BCUT2D eigenvalue weighted by Gasteiger charge is 2.12. The van der Waals surface area contributed by atoms with Crippen molar-refractivity contribution in [3.63, 3.8) is 0 Å². The quantitative estimate of drug-likeness (QED) is 0.419. The molecule has 0 radical (unpaired) electrons. The summed E-state index contributed by atoms with van der Waals surface area (Å²) in [6, 6.07) is 12.8. The molecule has 0 fully saturated rings. The molecule has 1 N–H and O–H groups in total. The van der Waals surface area contributed by atoms with Crippen molar-refractivity contribution < 1.29 is 19.1 Å². The van der Waals surface area contributed by atoms with Gasteiger partial charge in [-0.25, -0.2) is 4.79 Å². The second-order valence-electron chi connectivity index (χ2n) is 6.85. The van der Waals surface area contributed by atoms with Crippen LogP contribution >= 0.6 is 0 Å². The number of aryl methyl sites for hydroxylation is 2. The molecule has 0 saturated carbocycles. The predicted molar refractivity (Wildman–Crippen MR) is 116 cm³/mol. The molecule has 0 aliphatic rings. The van der Waals surface area contributed by atoms with E-state index in [1.165, 1.54) is 0 Å². The van der Waals surface area contributed by atoms with E-state index in [1.807, 2.05) is 18.2 Å². The van der Waals surface area contributed by atoms with Crippen LogP contribution in [0, 0.1) is 0 Å². The lowest BCUT2D eigenvalue weighted by Crippen LogP contribution is -2.16. The zero-order chi connectivity index (χ0) is 21.1. The number of carbonyl (C=O) groups excluding carboxylic acids is 2. The van der Waals surface area contributed by atoms with Gasteiger partial charge in [-0.3, -0.25) is 4.79 Å². The molecular formula is C24H31NO4. The molecule has 5 nitrogen and oxygen atoms in total. The third kappa shape index (κ3) is 6.93. The van der Waals surface area contributed by atoms with Crippen molar-refractivity contribution in [1.29, 1.82) is 0 Å². The van der Waals surface area contributed by atoms with Crippen molar-refractivity contribution >= 4 is 17.6 Å². The topological polar surface area (TPSA) is 64.6 Å². The number of unbranched alkanes of at least 4 members (excludes halogenated alkanes) is 2. The lowest BCUT2D eigenvalue weighted by Gasteiger charge is -2.14. The minimum atomic E-state index is -0.383. The van der Waals surface area contributed by atoms with E-state index in [0.29, 0.717) is 17.9 Å². The molecule has 2 aromatic rings. The van der Waals surface area contributed by atoms with Crippen molar-refractivity contribution in [1.82, 2.24) is 0 Å². The van der Waals surface area contributed by atoms with Crippen LogP contribution in [0.1, 0.15) is 61.5 Å². The summed E-state index contributed by atoms with van der Waals surface area (Å²) in [6.07, 6.45) is 4.69. The molecule has 1 amide bonds. The number of esters is 1.